The van der Waals surface area contributed by atoms with Crippen LogP contribution in [0.15, 0.2) is 18.2 Å². The summed E-state index contributed by atoms with van der Waals surface area (Å²) >= 11 is 0. The molecule has 0 aliphatic carbocycles. The second kappa shape index (κ2) is 8.19. The van der Waals surface area contributed by atoms with E-state index in [0.29, 0.717) is 24.8 Å². The van der Waals surface area contributed by atoms with Crippen LogP contribution in [0.25, 0.3) is 0 Å². The summed E-state index contributed by atoms with van der Waals surface area (Å²) in [6, 6.07) is 5.63. The SMILES string of the molecule is COCCNCC(C)NCc1ccc(C)cc1F. The van der Waals surface area contributed by atoms with Gasteiger partial charge in [0.1, 0.15) is 5.82 Å². The Bertz CT molecular complexity index is 358. The van der Waals surface area contributed by atoms with Crippen LogP contribution in [-0.4, -0.2) is 32.8 Å². The van der Waals surface area contributed by atoms with Crippen LogP contribution in [-0.2, 0) is 11.3 Å². The van der Waals surface area contributed by atoms with Crippen molar-refractivity contribution in [1.29, 1.82) is 0 Å². The Balaban J connectivity index is 2.27. The molecule has 0 aliphatic rings. The van der Waals surface area contributed by atoms with Crippen molar-refractivity contribution in [1.82, 2.24) is 10.6 Å². The molecule has 2 N–H and O–H groups in total. The van der Waals surface area contributed by atoms with Crippen LogP contribution in [0.2, 0.25) is 0 Å². The van der Waals surface area contributed by atoms with E-state index in [1.807, 2.05) is 19.1 Å². The molecule has 1 aromatic carbocycles. The summed E-state index contributed by atoms with van der Waals surface area (Å²) < 4.78 is 18.5. The van der Waals surface area contributed by atoms with Crippen molar-refractivity contribution >= 4 is 0 Å². The maximum atomic E-state index is 13.6. The highest BCUT2D eigenvalue weighted by Crippen LogP contribution is 2.09. The maximum Gasteiger partial charge on any atom is 0.127 e. The van der Waals surface area contributed by atoms with E-state index in [9.17, 15) is 4.39 Å². The third-order valence-corrected chi connectivity index (χ3v) is 2.78. The third kappa shape index (κ3) is 5.58. The monoisotopic (exact) mass is 254 g/mol. The molecule has 1 atom stereocenters. The number of aryl methyl sites for hydroxylation is 1. The summed E-state index contributed by atoms with van der Waals surface area (Å²) in [5, 5.41) is 6.56. The fraction of sp³-hybridized carbons (Fsp3) is 0.571. The minimum atomic E-state index is -0.137. The number of halogens is 1. The van der Waals surface area contributed by atoms with Gasteiger partial charge in [0.25, 0.3) is 0 Å². The Hall–Kier alpha value is -0.970. The number of nitrogens with one attached hydrogen (secondary N) is 2. The minimum Gasteiger partial charge on any atom is -0.383 e. The third-order valence-electron chi connectivity index (χ3n) is 2.78. The second-order valence-electron chi connectivity index (χ2n) is 4.57. The first kappa shape index (κ1) is 15.1. The molecule has 0 amide bonds. The van der Waals surface area contributed by atoms with E-state index in [-0.39, 0.29) is 5.82 Å². The number of hydrogen-bond donors (Lipinski definition) is 2. The van der Waals surface area contributed by atoms with Crippen molar-refractivity contribution in [2.75, 3.05) is 26.8 Å². The first-order valence-corrected chi connectivity index (χ1v) is 6.31. The largest absolute Gasteiger partial charge is 0.383 e. The van der Waals surface area contributed by atoms with Gasteiger partial charge in [0.15, 0.2) is 0 Å². The standard InChI is InChI=1S/C14H23FN2O/c1-11-4-5-13(14(15)8-11)10-17-12(2)9-16-6-7-18-3/h4-5,8,12,16-17H,6-7,9-10H2,1-3H3. The number of rotatable bonds is 8. The molecule has 0 aromatic heterocycles. The van der Waals surface area contributed by atoms with Crippen LogP contribution in [0.5, 0.6) is 0 Å². The molecule has 0 aliphatic heterocycles. The lowest BCUT2D eigenvalue weighted by Crippen LogP contribution is -2.37. The normalized spacial score (nSPS) is 12.7. The highest BCUT2D eigenvalue weighted by atomic mass is 19.1. The van der Waals surface area contributed by atoms with Gasteiger partial charge in [-0.1, -0.05) is 12.1 Å². The molecular formula is C14H23FN2O. The van der Waals surface area contributed by atoms with Gasteiger partial charge in [-0.25, -0.2) is 4.39 Å². The lowest BCUT2D eigenvalue weighted by Gasteiger charge is -2.15. The Morgan fingerprint density at radius 3 is 2.83 bits per heavy atom. The zero-order valence-electron chi connectivity index (χ0n) is 11.4. The highest BCUT2D eigenvalue weighted by molar-refractivity contribution is 5.23. The summed E-state index contributed by atoms with van der Waals surface area (Å²) in [7, 11) is 1.68. The zero-order valence-corrected chi connectivity index (χ0v) is 11.4. The van der Waals surface area contributed by atoms with E-state index in [1.165, 1.54) is 0 Å². The van der Waals surface area contributed by atoms with Crippen molar-refractivity contribution in [3.05, 3.63) is 35.1 Å². The van der Waals surface area contributed by atoms with E-state index >= 15 is 0 Å². The number of benzene rings is 1. The smallest absolute Gasteiger partial charge is 0.127 e. The Morgan fingerprint density at radius 2 is 2.17 bits per heavy atom. The molecule has 102 valence electrons. The van der Waals surface area contributed by atoms with E-state index in [2.05, 4.69) is 17.6 Å². The quantitative estimate of drug-likeness (QED) is 0.695. The Kier molecular flexibility index (Phi) is 6.86. The van der Waals surface area contributed by atoms with Crippen molar-refractivity contribution in [2.45, 2.75) is 26.4 Å². The van der Waals surface area contributed by atoms with Gasteiger partial charge < -0.3 is 15.4 Å². The number of hydrogen-bond acceptors (Lipinski definition) is 3. The van der Waals surface area contributed by atoms with Gasteiger partial charge in [-0.3, -0.25) is 0 Å². The van der Waals surface area contributed by atoms with E-state index in [0.717, 1.165) is 18.7 Å². The average molecular weight is 254 g/mol. The maximum absolute atomic E-state index is 13.6. The molecule has 18 heavy (non-hydrogen) atoms. The van der Waals surface area contributed by atoms with Crippen LogP contribution in [0.1, 0.15) is 18.1 Å². The zero-order chi connectivity index (χ0) is 13.4. The molecule has 3 nitrogen and oxygen atoms in total. The van der Waals surface area contributed by atoms with Crippen LogP contribution in [0, 0.1) is 12.7 Å². The summed E-state index contributed by atoms with van der Waals surface area (Å²) in [4.78, 5) is 0. The van der Waals surface area contributed by atoms with Crippen molar-refractivity contribution < 1.29 is 9.13 Å². The minimum absolute atomic E-state index is 0.137. The summed E-state index contributed by atoms with van der Waals surface area (Å²) in [6.45, 7) is 6.91. The summed E-state index contributed by atoms with van der Waals surface area (Å²) in [5.74, 6) is -0.137. The molecule has 0 spiro atoms. The van der Waals surface area contributed by atoms with Gasteiger partial charge in [-0.2, -0.15) is 0 Å². The molecule has 0 saturated heterocycles. The Labute approximate surface area is 109 Å². The summed E-state index contributed by atoms with van der Waals surface area (Å²) in [5.41, 5.74) is 1.66. The molecule has 0 fully saturated rings. The highest BCUT2D eigenvalue weighted by Gasteiger charge is 2.05. The van der Waals surface area contributed by atoms with Crippen LogP contribution < -0.4 is 10.6 Å². The molecule has 0 bridgehead atoms. The topological polar surface area (TPSA) is 33.3 Å². The van der Waals surface area contributed by atoms with Gasteiger partial charge in [0.2, 0.25) is 0 Å². The molecule has 1 rings (SSSR count). The predicted octanol–water partition coefficient (Wildman–Crippen LogP) is 1.85. The molecule has 0 heterocycles. The molecule has 1 unspecified atom stereocenters. The van der Waals surface area contributed by atoms with Gasteiger partial charge in [0.05, 0.1) is 6.61 Å². The molecule has 0 radical (unpaired) electrons. The molecule has 4 heteroatoms. The molecular weight excluding hydrogens is 231 g/mol. The lowest BCUT2D eigenvalue weighted by atomic mass is 10.1. The van der Waals surface area contributed by atoms with Crippen LogP contribution >= 0.6 is 0 Å². The average Bonchev–Trinajstić information content (AvgIpc) is 2.33. The van der Waals surface area contributed by atoms with Crippen LogP contribution in [0.3, 0.4) is 0 Å². The van der Waals surface area contributed by atoms with Gasteiger partial charge in [-0.15, -0.1) is 0 Å². The van der Waals surface area contributed by atoms with E-state index < -0.39 is 0 Å². The van der Waals surface area contributed by atoms with Gasteiger partial charge >= 0.3 is 0 Å². The first-order chi connectivity index (χ1) is 8.63. The van der Waals surface area contributed by atoms with Crippen LogP contribution in [0.4, 0.5) is 4.39 Å². The molecule has 1 aromatic rings. The second-order valence-corrected chi connectivity index (χ2v) is 4.57. The first-order valence-electron chi connectivity index (χ1n) is 6.31. The fourth-order valence-corrected chi connectivity index (χ4v) is 1.64. The van der Waals surface area contributed by atoms with Gasteiger partial charge in [-0.05, 0) is 25.5 Å². The van der Waals surface area contributed by atoms with Gasteiger partial charge in [0, 0.05) is 38.3 Å². The Morgan fingerprint density at radius 1 is 1.39 bits per heavy atom. The summed E-state index contributed by atoms with van der Waals surface area (Å²) in [6.07, 6.45) is 0. The predicted molar refractivity (Wildman–Crippen MR) is 72.2 cm³/mol. The molecule has 0 saturated carbocycles. The van der Waals surface area contributed by atoms with Crippen molar-refractivity contribution in [3.8, 4) is 0 Å². The van der Waals surface area contributed by atoms with Crippen molar-refractivity contribution in [2.24, 2.45) is 0 Å². The van der Waals surface area contributed by atoms with E-state index in [1.54, 1.807) is 13.2 Å². The van der Waals surface area contributed by atoms with E-state index in [4.69, 9.17) is 4.74 Å². The number of ether oxygens (including phenoxy) is 1. The fourth-order valence-electron chi connectivity index (χ4n) is 1.64. The van der Waals surface area contributed by atoms with Crippen molar-refractivity contribution in [3.63, 3.8) is 0 Å². The number of methoxy groups -OCH3 is 1. The lowest BCUT2D eigenvalue weighted by molar-refractivity contribution is 0.198.